The summed E-state index contributed by atoms with van der Waals surface area (Å²) in [5, 5.41) is 15.2. The first-order chi connectivity index (χ1) is 21.9. The van der Waals surface area contributed by atoms with Crippen molar-refractivity contribution in [3.63, 3.8) is 0 Å². The molecule has 2 aromatic carbocycles. The number of aromatic nitrogens is 4. The number of imidazole rings is 1. The van der Waals surface area contributed by atoms with E-state index >= 15 is 0 Å². The lowest BCUT2D eigenvalue weighted by Gasteiger charge is -2.22. The number of aromatic carboxylic acids is 1. The number of carboxylic acid groups (broad SMARTS) is 1. The van der Waals surface area contributed by atoms with Gasteiger partial charge in [-0.15, -0.1) is 0 Å². The van der Waals surface area contributed by atoms with Crippen LogP contribution in [-0.4, -0.2) is 75.2 Å². The van der Waals surface area contributed by atoms with Gasteiger partial charge in [0.15, 0.2) is 29.5 Å². The maximum absolute atomic E-state index is 13.6. The Kier molecular flexibility index (Phi) is 8.73. The van der Waals surface area contributed by atoms with E-state index in [0.29, 0.717) is 29.0 Å². The summed E-state index contributed by atoms with van der Waals surface area (Å²) in [6, 6.07) is 9.75. The minimum atomic E-state index is -1.17. The smallest absolute Gasteiger partial charge is 0.339 e. The summed E-state index contributed by atoms with van der Waals surface area (Å²) in [7, 11) is 1.47. The van der Waals surface area contributed by atoms with Gasteiger partial charge in [0.2, 0.25) is 0 Å². The van der Waals surface area contributed by atoms with Crippen molar-refractivity contribution in [1.82, 2.24) is 24.8 Å². The maximum Gasteiger partial charge on any atom is 0.339 e. The second kappa shape index (κ2) is 13.0. The third-order valence-corrected chi connectivity index (χ3v) is 7.49. The van der Waals surface area contributed by atoms with E-state index in [1.165, 1.54) is 50.1 Å². The van der Waals surface area contributed by atoms with Crippen LogP contribution in [0.25, 0.3) is 11.2 Å². The minimum Gasteiger partial charge on any atom is -0.497 e. The topological polar surface area (TPSA) is 168 Å². The fourth-order valence-corrected chi connectivity index (χ4v) is 5.23. The highest BCUT2D eigenvalue weighted by Gasteiger charge is 2.54. The lowest BCUT2D eigenvalue weighted by atomic mass is 10.1. The fourth-order valence-electron chi connectivity index (χ4n) is 5.23. The van der Waals surface area contributed by atoms with Crippen molar-refractivity contribution < 1.29 is 42.8 Å². The number of hydrogen-bond donors (Lipinski definition) is 3. The molecule has 0 bridgehead atoms. The summed E-state index contributed by atoms with van der Waals surface area (Å²) in [5.41, 5.74) is 1.25. The van der Waals surface area contributed by atoms with Gasteiger partial charge in [0.05, 0.1) is 13.4 Å². The predicted octanol–water partition coefficient (Wildman–Crippen LogP) is 4.05. The summed E-state index contributed by atoms with van der Waals surface area (Å²) in [6.07, 6.45) is 0.820. The van der Waals surface area contributed by atoms with Gasteiger partial charge >= 0.3 is 12.0 Å². The van der Waals surface area contributed by atoms with Gasteiger partial charge in [-0.25, -0.2) is 28.9 Å². The molecule has 2 saturated heterocycles. The molecule has 6 rings (SSSR count). The van der Waals surface area contributed by atoms with Gasteiger partial charge in [-0.1, -0.05) is 25.5 Å². The van der Waals surface area contributed by atoms with E-state index in [2.05, 4.69) is 25.6 Å². The highest BCUT2D eigenvalue weighted by atomic mass is 19.1. The van der Waals surface area contributed by atoms with E-state index in [1.54, 1.807) is 16.7 Å². The lowest BCUT2D eigenvalue weighted by molar-refractivity contribution is -0.152. The third kappa shape index (κ3) is 6.22. The number of carbonyl (C=O) groups excluding carboxylic acids is 1. The number of hydrogen-bond acceptors (Lipinski definition) is 10. The molecule has 15 heteroatoms. The molecule has 3 N–H and O–H groups in total. The number of halogens is 1. The molecule has 2 amide bonds. The van der Waals surface area contributed by atoms with Crippen molar-refractivity contribution in [3.05, 3.63) is 72.1 Å². The zero-order valence-corrected chi connectivity index (χ0v) is 24.4. The molecule has 2 aliphatic heterocycles. The number of rotatable bonds is 11. The van der Waals surface area contributed by atoms with E-state index < -0.39 is 48.6 Å². The molecule has 14 nitrogen and oxygen atoms in total. The van der Waals surface area contributed by atoms with Crippen LogP contribution < -0.4 is 20.1 Å². The van der Waals surface area contributed by atoms with Crippen molar-refractivity contribution >= 4 is 29.0 Å². The Hall–Kier alpha value is -4.86. The Labute approximate surface area is 256 Å². The average molecular weight is 623 g/mol. The number of nitrogens with one attached hydrogen (secondary N) is 2. The first kappa shape index (κ1) is 30.2. The van der Waals surface area contributed by atoms with Crippen LogP contribution in [0.1, 0.15) is 48.2 Å². The van der Waals surface area contributed by atoms with Crippen molar-refractivity contribution in [2.45, 2.75) is 50.6 Å². The normalized spacial score (nSPS) is 22.2. The molecule has 2 aliphatic rings. The van der Waals surface area contributed by atoms with Gasteiger partial charge in [0, 0.05) is 18.2 Å². The zero-order chi connectivity index (χ0) is 31.5. The largest absolute Gasteiger partial charge is 0.497 e. The van der Waals surface area contributed by atoms with Crippen LogP contribution in [0.2, 0.25) is 0 Å². The molecule has 2 aromatic heterocycles. The molecule has 2 fully saturated rings. The van der Waals surface area contributed by atoms with Crippen molar-refractivity contribution in [3.8, 4) is 11.5 Å². The van der Waals surface area contributed by atoms with E-state index in [4.69, 9.17) is 23.7 Å². The van der Waals surface area contributed by atoms with E-state index in [0.717, 1.165) is 12.8 Å². The predicted molar refractivity (Wildman–Crippen MR) is 155 cm³/mol. The number of unbranched alkanes of at least 4 members (excludes halogenated alkanes) is 1. The Bertz CT molecular complexity index is 1680. The van der Waals surface area contributed by atoms with Crippen LogP contribution >= 0.6 is 0 Å². The number of amides is 2. The number of methoxy groups -OCH3 is 1. The number of ether oxygens (including phenoxy) is 5. The Morgan fingerprint density at radius 3 is 2.62 bits per heavy atom. The van der Waals surface area contributed by atoms with Crippen molar-refractivity contribution in [1.29, 1.82) is 0 Å². The summed E-state index contributed by atoms with van der Waals surface area (Å²) in [4.78, 5) is 37.3. The summed E-state index contributed by atoms with van der Waals surface area (Å²) in [6.45, 7) is 2.44. The molecular weight excluding hydrogens is 591 g/mol. The summed E-state index contributed by atoms with van der Waals surface area (Å²) in [5.74, 6) is -0.837. The SMILES string of the molecule is CCCCNC(=O)Nc1ncnc2c1ncn2C1OC(COc2cc(OC)ccc2C(=O)O)C2O[C@H](c3ccc(F)cc3)OC21. The molecular formula is C30H31FN6O8. The molecule has 4 aromatic rings. The molecule has 4 heterocycles. The number of nitrogens with zero attached hydrogens (tertiary/aromatic N) is 4. The second-order valence-electron chi connectivity index (χ2n) is 10.4. The van der Waals surface area contributed by atoms with Gasteiger partial charge < -0.3 is 34.1 Å². The molecule has 0 spiro atoms. The monoisotopic (exact) mass is 622 g/mol. The highest BCUT2D eigenvalue weighted by Crippen LogP contribution is 2.45. The Morgan fingerprint density at radius 1 is 1.07 bits per heavy atom. The fraction of sp³-hybridized carbons (Fsp3) is 0.367. The van der Waals surface area contributed by atoms with Gasteiger partial charge in [0.1, 0.15) is 54.1 Å². The molecule has 236 valence electrons. The number of anilines is 1. The molecule has 4 unspecified atom stereocenters. The van der Waals surface area contributed by atoms with E-state index in [-0.39, 0.29) is 23.7 Å². The minimum absolute atomic E-state index is 0.0502. The molecule has 0 saturated carbocycles. The van der Waals surface area contributed by atoms with E-state index in [1.807, 2.05) is 6.92 Å². The van der Waals surface area contributed by atoms with E-state index in [9.17, 15) is 19.1 Å². The Balaban J connectivity index is 1.28. The number of fused-ring (bicyclic) bond motifs is 2. The van der Waals surface area contributed by atoms with Gasteiger partial charge in [0.25, 0.3) is 0 Å². The highest BCUT2D eigenvalue weighted by molar-refractivity contribution is 5.95. The number of carbonyl (C=O) groups is 2. The maximum atomic E-state index is 13.6. The zero-order valence-electron chi connectivity index (χ0n) is 24.4. The van der Waals surface area contributed by atoms with Crippen LogP contribution in [0.15, 0.2) is 55.1 Å². The number of urea groups is 1. The van der Waals surface area contributed by atoms with Crippen molar-refractivity contribution in [2.24, 2.45) is 0 Å². The number of benzene rings is 2. The standard InChI is InChI=1S/C30H31FN6O8/c1-3-4-11-32-30(40)36-25-22-26(34-14-33-25)37(15-35-22)27-24-23(44-29(45-24)16-5-7-17(31)8-6-16)21(43-27)13-42-20-12-18(41-2)9-10-19(20)28(38)39/h5-10,12,14-15,21,23-24,27,29H,3-4,11,13H2,1-2H3,(H,38,39)(H2,32,33,34,36,40)/t21?,23?,24?,27?,29-/m0/s1. The van der Waals surface area contributed by atoms with Crippen molar-refractivity contribution in [2.75, 3.05) is 25.6 Å². The van der Waals surface area contributed by atoms with Crippen LogP contribution in [0.3, 0.4) is 0 Å². The average Bonchev–Trinajstić information content (AvgIpc) is 3.75. The lowest BCUT2D eigenvalue weighted by Crippen LogP contribution is -2.33. The molecule has 45 heavy (non-hydrogen) atoms. The second-order valence-corrected chi connectivity index (χ2v) is 10.4. The Morgan fingerprint density at radius 2 is 1.87 bits per heavy atom. The molecule has 5 atom stereocenters. The van der Waals surface area contributed by atoms with Crippen LogP contribution in [-0.2, 0) is 14.2 Å². The summed E-state index contributed by atoms with van der Waals surface area (Å²) >= 11 is 0. The number of carboxylic acids is 1. The molecule has 0 radical (unpaired) electrons. The summed E-state index contributed by atoms with van der Waals surface area (Å²) < 4.78 is 45.5. The quantitative estimate of drug-likeness (QED) is 0.206. The van der Waals surface area contributed by atoms with Crippen LogP contribution in [0.5, 0.6) is 11.5 Å². The van der Waals surface area contributed by atoms with Crippen LogP contribution in [0, 0.1) is 5.82 Å². The first-order valence-corrected chi connectivity index (χ1v) is 14.3. The van der Waals surface area contributed by atoms with Gasteiger partial charge in [-0.05, 0) is 30.7 Å². The molecule has 0 aliphatic carbocycles. The first-order valence-electron chi connectivity index (χ1n) is 14.3. The third-order valence-electron chi connectivity index (χ3n) is 7.49. The van der Waals surface area contributed by atoms with Crippen LogP contribution in [0.4, 0.5) is 15.0 Å². The van der Waals surface area contributed by atoms with Gasteiger partial charge in [-0.2, -0.15) is 0 Å². The van der Waals surface area contributed by atoms with Gasteiger partial charge in [-0.3, -0.25) is 9.88 Å².